The average molecular weight is 238 g/mol. The molecule has 17 heavy (non-hydrogen) atoms. The van der Waals surface area contributed by atoms with Crippen LogP contribution in [0.25, 0.3) is 0 Å². The van der Waals surface area contributed by atoms with E-state index in [1.807, 2.05) is 0 Å². The van der Waals surface area contributed by atoms with Crippen LogP contribution in [0.3, 0.4) is 0 Å². The average Bonchev–Trinajstić information content (AvgIpc) is 2.73. The van der Waals surface area contributed by atoms with Crippen molar-refractivity contribution in [2.75, 3.05) is 19.6 Å². The lowest BCUT2D eigenvalue weighted by Crippen LogP contribution is -2.41. The summed E-state index contributed by atoms with van der Waals surface area (Å²) >= 11 is 0. The highest BCUT2D eigenvalue weighted by Gasteiger charge is 2.22. The lowest BCUT2D eigenvalue weighted by Gasteiger charge is -2.27. The van der Waals surface area contributed by atoms with Gasteiger partial charge in [0.25, 0.3) is 0 Å². The summed E-state index contributed by atoms with van der Waals surface area (Å²) in [6.45, 7) is 8.65. The van der Waals surface area contributed by atoms with Crippen LogP contribution in [-0.2, 0) is 6.54 Å². The molecule has 2 atom stereocenters. The lowest BCUT2D eigenvalue weighted by molar-refractivity contribution is 0.224. The summed E-state index contributed by atoms with van der Waals surface area (Å²) in [5, 5.41) is 7.52. The Bertz CT molecular complexity index is 314. The zero-order valence-corrected chi connectivity index (χ0v) is 10.7. The maximum atomic E-state index is 4.78. The second-order valence-electron chi connectivity index (χ2n) is 4.88. The summed E-state index contributed by atoms with van der Waals surface area (Å²) in [4.78, 5) is 6.51. The highest BCUT2D eigenvalue weighted by Crippen LogP contribution is 2.13. The second kappa shape index (κ2) is 6.12. The summed E-state index contributed by atoms with van der Waals surface area (Å²) in [6.07, 6.45) is 3.80. The fourth-order valence-electron chi connectivity index (χ4n) is 2.30. The molecule has 0 spiro atoms. The number of hydrogen-bond donors (Lipinski definition) is 1. The number of nitrogens with zero attached hydrogens (tertiary/aromatic N) is 3. The minimum atomic E-state index is 0.578. The van der Waals surface area contributed by atoms with Crippen LogP contribution in [0.5, 0.6) is 0 Å². The number of rotatable bonds is 4. The van der Waals surface area contributed by atoms with Gasteiger partial charge in [-0.3, -0.25) is 4.90 Å². The third kappa shape index (κ3) is 3.51. The van der Waals surface area contributed by atoms with Crippen molar-refractivity contribution in [1.29, 1.82) is 0 Å². The first-order valence-electron chi connectivity index (χ1n) is 6.50. The van der Waals surface area contributed by atoms with E-state index < -0.39 is 0 Å². The molecular formula is C12H22N4O. The van der Waals surface area contributed by atoms with Crippen LogP contribution in [0.2, 0.25) is 0 Å². The van der Waals surface area contributed by atoms with E-state index in [0.717, 1.165) is 32.0 Å². The first-order valence-corrected chi connectivity index (χ1v) is 6.50. The fraction of sp³-hybridized carbons (Fsp3) is 0.833. The lowest BCUT2D eigenvalue weighted by atomic mass is 9.99. The van der Waals surface area contributed by atoms with Crippen LogP contribution < -0.4 is 5.32 Å². The van der Waals surface area contributed by atoms with Gasteiger partial charge in [-0.05, 0) is 25.4 Å². The molecule has 1 aliphatic rings. The van der Waals surface area contributed by atoms with Crippen molar-refractivity contribution in [3.8, 4) is 0 Å². The first kappa shape index (κ1) is 12.5. The van der Waals surface area contributed by atoms with Gasteiger partial charge >= 0.3 is 0 Å². The molecule has 0 bridgehead atoms. The largest absolute Gasteiger partial charge is 0.343 e. The van der Waals surface area contributed by atoms with Gasteiger partial charge in [-0.15, -0.1) is 0 Å². The van der Waals surface area contributed by atoms with E-state index in [9.17, 15) is 0 Å². The second-order valence-corrected chi connectivity index (χ2v) is 4.88. The topological polar surface area (TPSA) is 54.2 Å². The molecule has 5 nitrogen and oxygen atoms in total. The first-order chi connectivity index (χ1) is 8.29. The number of aromatic nitrogens is 2. The Balaban J connectivity index is 1.92. The molecule has 0 aromatic carbocycles. The van der Waals surface area contributed by atoms with Gasteiger partial charge in [0.15, 0.2) is 5.82 Å². The van der Waals surface area contributed by atoms with Gasteiger partial charge in [0, 0.05) is 12.6 Å². The molecule has 1 N–H and O–H groups in total. The molecule has 1 aromatic rings. The molecule has 2 heterocycles. The van der Waals surface area contributed by atoms with Gasteiger partial charge in [0.1, 0.15) is 0 Å². The van der Waals surface area contributed by atoms with Gasteiger partial charge in [-0.25, -0.2) is 0 Å². The van der Waals surface area contributed by atoms with E-state index >= 15 is 0 Å². The van der Waals surface area contributed by atoms with Crippen molar-refractivity contribution in [2.45, 2.75) is 39.3 Å². The van der Waals surface area contributed by atoms with Crippen molar-refractivity contribution in [2.24, 2.45) is 5.92 Å². The highest BCUT2D eigenvalue weighted by atomic mass is 16.5. The predicted octanol–water partition coefficient (Wildman–Crippen LogP) is 1.28. The van der Waals surface area contributed by atoms with Gasteiger partial charge < -0.3 is 9.84 Å². The number of hydrogen-bond acceptors (Lipinski definition) is 5. The summed E-state index contributed by atoms with van der Waals surface area (Å²) in [5.74, 6) is 1.50. The van der Waals surface area contributed by atoms with Crippen molar-refractivity contribution >= 4 is 0 Å². The van der Waals surface area contributed by atoms with Crippen molar-refractivity contribution in [3.05, 3.63) is 12.2 Å². The van der Waals surface area contributed by atoms with E-state index in [-0.39, 0.29) is 0 Å². The molecule has 1 aliphatic heterocycles. The fourth-order valence-corrected chi connectivity index (χ4v) is 2.30. The zero-order chi connectivity index (χ0) is 12.1. The Hall–Kier alpha value is -0.940. The third-order valence-electron chi connectivity index (χ3n) is 3.62. The molecule has 5 heteroatoms. The maximum Gasteiger partial charge on any atom is 0.213 e. The van der Waals surface area contributed by atoms with Gasteiger partial charge in [-0.2, -0.15) is 4.98 Å². The summed E-state index contributed by atoms with van der Waals surface area (Å²) in [6, 6.07) is 0.578. The maximum absolute atomic E-state index is 4.78. The number of nitrogens with one attached hydrogen (secondary N) is 1. The molecule has 0 aliphatic carbocycles. The normalized spacial score (nSPS) is 24.5. The van der Waals surface area contributed by atoms with E-state index in [2.05, 4.69) is 34.2 Å². The molecule has 0 radical (unpaired) electrons. The molecule has 2 rings (SSSR count). The minimum absolute atomic E-state index is 0.578. The SMILES string of the molecule is CCC(C)C1CN(Cc2ncon2)CCCN1. The van der Waals surface area contributed by atoms with E-state index in [1.54, 1.807) is 0 Å². The quantitative estimate of drug-likeness (QED) is 0.856. The Kier molecular flexibility index (Phi) is 4.50. The smallest absolute Gasteiger partial charge is 0.213 e. The van der Waals surface area contributed by atoms with Crippen LogP contribution in [0.1, 0.15) is 32.5 Å². The van der Waals surface area contributed by atoms with Crippen LogP contribution in [0.4, 0.5) is 0 Å². The van der Waals surface area contributed by atoms with Gasteiger partial charge in [-0.1, -0.05) is 25.4 Å². The van der Waals surface area contributed by atoms with Gasteiger partial charge in [0.2, 0.25) is 6.39 Å². The Morgan fingerprint density at radius 1 is 1.65 bits per heavy atom. The van der Waals surface area contributed by atoms with E-state index in [1.165, 1.54) is 19.2 Å². The Morgan fingerprint density at radius 2 is 2.53 bits per heavy atom. The monoisotopic (exact) mass is 238 g/mol. The van der Waals surface area contributed by atoms with E-state index in [4.69, 9.17) is 4.52 Å². The Labute approximate surface area is 103 Å². The predicted molar refractivity (Wildman–Crippen MR) is 65.4 cm³/mol. The zero-order valence-electron chi connectivity index (χ0n) is 10.7. The standard InChI is InChI=1S/C12H22N4O/c1-3-10(2)11-7-16(6-4-5-13-11)8-12-14-9-17-15-12/h9-11,13H,3-8H2,1-2H3. The molecule has 1 aromatic heterocycles. The van der Waals surface area contributed by atoms with Crippen LogP contribution in [0, 0.1) is 5.92 Å². The van der Waals surface area contributed by atoms with Crippen LogP contribution in [-0.4, -0.2) is 40.7 Å². The van der Waals surface area contributed by atoms with E-state index in [0.29, 0.717) is 12.0 Å². The van der Waals surface area contributed by atoms with Crippen molar-refractivity contribution in [1.82, 2.24) is 20.4 Å². The molecule has 0 saturated carbocycles. The highest BCUT2D eigenvalue weighted by molar-refractivity contribution is 4.84. The van der Waals surface area contributed by atoms with Crippen LogP contribution in [0.15, 0.2) is 10.9 Å². The minimum Gasteiger partial charge on any atom is -0.343 e. The molecule has 2 unspecified atom stereocenters. The Morgan fingerprint density at radius 3 is 3.24 bits per heavy atom. The molecular weight excluding hydrogens is 216 g/mol. The molecule has 0 amide bonds. The third-order valence-corrected chi connectivity index (χ3v) is 3.62. The van der Waals surface area contributed by atoms with Crippen LogP contribution >= 0.6 is 0 Å². The summed E-state index contributed by atoms with van der Waals surface area (Å²) in [5.41, 5.74) is 0. The summed E-state index contributed by atoms with van der Waals surface area (Å²) < 4.78 is 4.78. The van der Waals surface area contributed by atoms with Crippen molar-refractivity contribution < 1.29 is 4.52 Å². The molecule has 96 valence electrons. The van der Waals surface area contributed by atoms with Gasteiger partial charge in [0.05, 0.1) is 6.54 Å². The van der Waals surface area contributed by atoms with Crippen molar-refractivity contribution in [3.63, 3.8) is 0 Å². The molecule has 1 fully saturated rings. The summed E-state index contributed by atoms with van der Waals surface area (Å²) in [7, 11) is 0. The molecule has 1 saturated heterocycles.